The van der Waals surface area contributed by atoms with E-state index in [1.165, 1.54) is 0 Å². The fourth-order valence-corrected chi connectivity index (χ4v) is 0.904. The number of allylic oxidation sites excluding steroid dienone is 2. The van der Waals surface area contributed by atoms with E-state index in [1.54, 1.807) is 6.92 Å². The first-order chi connectivity index (χ1) is 6.29. The van der Waals surface area contributed by atoms with Crippen molar-refractivity contribution in [3.63, 3.8) is 0 Å². The third-order valence-corrected chi connectivity index (χ3v) is 2.28. The van der Waals surface area contributed by atoms with Crippen LogP contribution in [-0.2, 0) is 9.16 Å². The Hall–Kier alpha value is -0.813. The van der Waals surface area contributed by atoms with Gasteiger partial charge in [-0.2, -0.15) is 0 Å². The smallest absolute Gasteiger partial charge is 0.458 e. The second-order valence-electron chi connectivity index (χ2n) is 3.98. The van der Waals surface area contributed by atoms with Gasteiger partial charge in [-0.15, -0.1) is 0 Å². The minimum atomic E-state index is -0.879. The summed E-state index contributed by atoms with van der Waals surface area (Å²) in [6.07, 6.45) is -0.869. The molecule has 5 heteroatoms. The maximum absolute atomic E-state index is 10.9. The zero-order chi connectivity index (χ0) is 11.4. The van der Waals surface area contributed by atoms with Crippen LogP contribution in [0.3, 0.4) is 0 Å². The minimum Gasteiger partial charge on any atom is -0.458 e. The van der Waals surface area contributed by atoms with Crippen molar-refractivity contribution in [3.8, 4) is 0 Å². The van der Waals surface area contributed by atoms with Crippen molar-refractivity contribution in [2.75, 3.05) is 0 Å². The van der Waals surface area contributed by atoms with E-state index < -0.39 is 16.2 Å². The molecule has 14 heavy (non-hydrogen) atoms. The van der Waals surface area contributed by atoms with Crippen LogP contribution in [0.4, 0.5) is 4.79 Å². The molecule has 2 radical (unpaired) electrons. The third-order valence-electron chi connectivity index (χ3n) is 2.02. The van der Waals surface area contributed by atoms with Crippen molar-refractivity contribution in [1.82, 2.24) is 0 Å². The number of carbonyl (C=O) groups excluding carboxylic acids is 1. The largest absolute Gasteiger partial charge is 0.522 e. The van der Waals surface area contributed by atoms with Crippen LogP contribution < -0.4 is 0 Å². The first kappa shape index (κ1) is 13.2. The highest BCUT2D eigenvalue weighted by molar-refractivity contribution is 6.19. The summed E-state index contributed by atoms with van der Waals surface area (Å²) in [6, 6.07) is 0. The predicted octanol–water partition coefficient (Wildman–Crippen LogP) is 2.01. The summed E-state index contributed by atoms with van der Waals surface area (Å²) in [7, 11) is -0.879. The summed E-state index contributed by atoms with van der Waals surface area (Å²) in [6.45, 7) is 9.66. The molecule has 0 aromatic carbocycles. The molecule has 0 aliphatic carbocycles. The van der Waals surface area contributed by atoms with E-state index in [9.17, 15) is 4.79 Å². The zero-order valence-electron chi connectivity index (χ0n) is 9.17. The summed E-state index contributed by atoms with van der Waals surface area (Å²) in [5, 5.41) is 0. The standard InChI is InChI=1S/C9H16O4Si/c1-6(9(3,4)5)7(2)12-8(10)13-14-11/h11H,1-5H3/b7-6+. The van der Waals surface area contributed by atoms with Crippen molar-refractivity contribution >= 4 is 16.2 Å². The van der Waals surface area contributed by atoms with Crippen molar-refractivity contribution < 1.29 is 18.8 Å². The monoisotopic (exact) mass is 216 g/mol. The molecule has 0 saturated heterocycles. The lowest BCUT2D eigenvalue weighted by Crippen LogP contribution is -2.14. The first-order valence-electron chi connectivity index (χ1n) is 4.24. The van der Waals surface area contributed by atoms with E-state index in [2.05, 4.69) is 4.43 Å². The third kappa shape index (κ3) is 4.43. The molecular formula is C9H16O4Si. The van der Waals surface area contributed by atoms with Crippen molar-refractivity contribution in [1.29, 1.82) is 0 Å². The van der Waals surface area contributed by atoms with Crippen molar-refractivity contribution in [3.05, 3.63) is 11.3 Å². The Balaban J connectivity index is 4.46. The maximum Gasteiger partial charge on any atom is 0.522 e. The molecular weight excluding hydrogens is 200 g/mol. The molecule has 0 aliphatic heterocycles. The van der Waals surface area contributed by atoms with Crippen LogP contribution in [0.15, 0.2) is 11.3 Å². The normalized spacial score (nSPS) is 13.3. The number of carbonyl (C=O) groups is 1. The molecule has 0 bridgehead atoms. The summed E-state index contributed by atoms with van der Waals surface area (Å²) in [5.74, 6) is 0.515. The van der Waals surface area contributed by atoms with E-state index in [-0.39, 0.29) is 5.41 Å². The van der Waals surface area contributed by atoms with E-state index in [0.717, 1.165) is 5.57 Å². The van der Waals surface area contributed by atoms with Gasteiger partial charge in [-0.3, -0.25) is 0 Å². The Kier molecular flexibility index (Phi) is 4.86. The summed E-state index contributed by atoms with van der Waals surface area (Å²) >= 11 is 0. The molecule has 0 saturated carbocycles. The molecule has 4 nitrogen and oxygen atoms in total. The first-order valence-corrected chi connectivity index (χ1v) is 5.10. The Morgan fingerprint density at radius 1 is 1.29 bits per heavy atom. The van der Waals surface area contributed by atoms with Crippen LogP contribution >= 0.6 is 0 Å². The molecule has 0 spiro atoms. The Bertz CT molecular complexity index is 240. The second-order valence-corrected chi connectivity index (χ2v) is 4.36. The van der Waals surface area contributed by atoms with Gasteiger partial charge in [0.1, 0.15) is 5.76 Å². The van der Waals surface area contributed by atoms with Gasteiger partial charge in [0.15, 0.2) is 0 Å². The molecule has 0 atom stereocenters. The average Bonchev–Trinajstić information content (AvgIpc) is 2.01. The number of hydrogen-bond acceptors (Lipinski definition) is 4. The van der Waals surface area contributed by atoms with Crippen LogP contribution in [0.5, 0.6) is 0 Å². The lowest BCUT2D eigenvalue weighted by atomic mass is 9.87. The van der Waals surface area contributed by atoms with Gasteiger partial charge in [-0.1, -0.05) is 20.8 Å². The lowest BCUT2D eigenvalue weighted by molar-refractivity contribution is 0.120. The second kappa shape index (κ2) is 5.16. The van der Waals surface area contributed by atoms with Crippen LogP contribution in [0.2, 0.25) is 0 Å². The van der Waals surface area contributed by atoms with Crippen molar-refractivity contribution in [2.24, 2.45) is 5.41 Å². The summed E-state index contributed by atoms with van der Waals surface area (Å²) in [5.41, 5.74) is 0.919. The molecule has 0 aliphatic rings. The molecule has 0 rings (SSSR count). The summed E-state index contributed by atoms with van der Waals surface area (Å²) < 4.78 is 9.11. The Morgan fingerprint density at radius 2 is 1.79 bits per heavy atom. The van der Waals surface area contributed by atoms with E-state index >= 15 is 0 Å². The van der Waals surface area contributed by atoms with Crippen LogP contribution in [0.25, 0.3) is 0 Å². The molecule has 0 heterocycles. The molecule has 1 N–H and O–H groups in total. The van der Waals surface area contributed by atoms with Gasteiger partial charge in [0.25, 0.3) is 0 Å². The molecule has 0 aromatic heterocycles. The van der Waals surface area contributed by atoms with Crippen molar-refractivity contribution in [2.45, 2.75) is 34.6 Å². The average molecular weight is 216 g/mol. The molecule has 0 unspecified atom stereocenters. The topological polar surface area (TPSA) is 55.8 Å². The molecule has 0 aromatic rings. The van der Waals surface area contributed by atoms with Crippen LogP contribution in [0.1, 0.15) is 34.6 Å². The highest BCUT2D eigenvalue weighted by atomic mass is 28.2. The molecule has 0 amide bonds. The lowest BCUT2D eigenvalue weighted by Gasteiger charge is -2.21. The van der Waals surface area contributed by atoms with Gasteiger partial charge in [0.2, 0.25) is 0 Å². The fourth-order valence-electron chi connectivity index (χ4n) is 0.788. The predicted molar refractivity (Wildman–Crippen MR) is 53.4 cm³/mol. The Labute approximate surface area is 87.0 Å². The van der Waals surface area contributed by atoms with Gasteiger partial charge >= 0.3 is 16.2 Å². The number of ether oxygens (including phenoxy) is 1. The van der Waals surface area contributed by atoms with E-state index in [0.29, 0.717) is 5.76 Å². The Morgan fingerprint density at radius 3 is 2.14 bits per heavy atom. The quantitative estimate of drug-likeness (QED) is 0.436. The van der Waals surface area contributed by atoms with Crippen LogP contribution in [-0.4, -0.2) is 21.0 Å². The highest BCUT2D eigenvalue weighted by Gasteiger charge is 2.18. The van der Waals surface area contributed by atoms with Gasteiger partial charge in [0.05, 0.1) is 0 Å². The van der Waals surface area contributed by atoms with Gasteiger partial charge < -0.3 is 14.0 Å². The van der Waals surface area contributed by atoms with Gasteiger partial charge in [-0.05, 0) is 24.8 Å². The molecule has 0 fully saturated rings. The maximum atomic E-state index is 10.9. The number of rotatable bonds is 2. The van der Waals surface area contributed by atoms with E-state index in [1.807, 2.05) is 27.7 Å². The van der Waals surface area contributed by atoms with Gasteiger partial charge in [-0.25, -0.2) is 4.79 Å². The summed E-state index contributed by atoms with van der Waals surface area (Å²) in [4.78, 5) is 19.2. The molecule has 80 valence electrons. The van der Waals surface area contributed by atoms with Crippen LogP contribution in [0, 0.1) is 5.41 Å². The van der Waals surface area contributed by atoms with E-state index in [4.69, 9.17) is 9.53 Å². The number of hydrogen-bond donors (Lipinski definition) is 1. The SMILES string of the molecule is C/C(OC(=O)O[Si]O)=C(/C)C(C)(C)C. The zero-order valence-corrected chi connectivity index (χ0v) is 10.2. The van der Waals surface area contributed by atoms with Gasteiger partial charge in [0, 0.05) is 0 Å². The highest BCUT2D eigenvalue weighted by Crippen LogP contribution is 2.27. The fraction of sp³-hybridized carbons (Fsp3) is 0.667. The minimum absolute atomic E-state index is 0.0497.